The second-order valence-electron chi connectivity index (χ2n) is 8.27. The fraction of sp³-hybridized carbons (Fsp3) is 0.400. The van der Waals surface area contributed by atoms with E-state index in [4.69, 9.17) is 10.00 Å². The molecule has 7 heteroatoms. The number of ether oxygens (including phenoxy) is 1. The molecule has 0 spiro atoms. The molecule has 1 aliphatic heterocycles. The molecular weight excluding hydrogens is 404 g/mol. The zero-order valence-corrected chi connectivity index (χ0v) is 18.5. The van der Waals surface area contributed by atoms with Crippen LogP contribution in [0.2, 0.25) is 0 Å². The van der Waals surface area contributed by atoms with Crippen molar-refractivity contribution in [3.8, 4) is 17.5 Å². The molecular formula is C25H28N4O3. The molecule has 0 bridgehead atoms. The molecule has 0 amide bonds. The van der Waals surface area contributed by atoms with E-state index < -0.39 is 0 Å². The SMILES string of the molecule is CCCOc1cnc2c(C(=O)CN3CCC(O)CC3)c(C)n(-c3ccc(C#N)cc3)c2c1. The summed E-state index contributed by atoms with van der Waals surface area (Å²) in [5.74, 6) is 0.682. The maximum atomic E-state index is 13.4. The number of rotatable bonds is 7. The first kappa shape index (κ1) is 22.0. The lowest BCUT2D eigenvalue weighted by Crippen LogP contribution is -2.39. The lowest BCUT2D eigenvalue weighted by Gasteiger charge is -2.28. The Labute approximate surface area is 187 Å². The summed E-state index contributed by atoms with van der Waals surface area (Å²) >= 11 is 0. The number of carbonyl (C=O) groups is 1. The minimum Gasteiger partial charge on any atom is -0.492 e. The smallest absolute Gasteiger partial charge is 0.180 e. The number of Topliss-reactive ketones (excluding diaryl/α,β-unsaturated/α-hetero) is 1. The van der Waals surface area contributed by atoms with Gasteiger partial charge in [0.15, 0.2) is 5.78 Å². The van der Waals surface area contributed by atoms with Crippen LogP contribution >= 0.6 is 0 Å². The maximum absolute atomic E-state index is 13.4. The van der Waals surface area contributed by atoms with Crippen LogP contribution in [0.1, 0.15) is 47.8 Å². The van der Waals surface area contributed by atoms with Gasteiger partial charge in [-0.15, -0.1) is 0 Å². The molecule has 1 N–H and O–H groups in total. The third-order valence-corrected chi connectivity index (χ3v) is 5.95. The van der Waals surface area contributed by atoms with Crippen LogP contribution in [-0.4, -0.2) is 57.7 Å². The van der Waals surface area contributed by atoms with E-state index in [2.05, 4.69) is 16.0 Å². The molecule has 0 radical (unpaired) electrons. The standard InChI is InChI=1S/C25H28N4O3/c1-3-12-32-21-13-22-25(27-15-21)24(23(31)16-28-10-8-20(30)9-11-28)17(2)29(22)19-6-4-18(14-26)5-7-19/h4-7,13,15,20,30H,3,8-12,16H2,1-2H3. The van der Waals surface area contributed by atoms with E-state index in [-0.39, 0.29) is 11.9 Å². The molecule has 2 aromatic heterocycles. The number of benzene rings is 1. The normalized spacial score (nSPS) is 15.1. The number of pyridine rings is 1. The second-order valence-corrected chi connectivity index (χ2v) is 8.27. The summed E-state index contributed by atoms with van der Waals surface area (Å²) in [6.07, 6.45) is 3.67. The van der Waals surface area contributed by atoms with Gasteiger partial charge in [-0.25, -0.2) is 4.98 Å². The summed E-state index contributed by atoms with van der Waals surface area (Å²) in [4.78, 5) is 20.1. The number of nitriles is 1. The van der Waals surface area contributed by atoms with Gasteiger partial charge in [0.1, 0.15) is 5.75 Å². The number of hydrogen-bond donors (Lipinski definition) is 1. The predicted octanol–water partition coefficient (Wildman–Crippen LogP) is 3.63. The van der Waals surface area contributed by atoms with Crippen LogP contribution in [0.25, 0.3) is 16.7 Å². The Morgan fingerprint density at radius 3 is 2.66 bits per heavy atom. The lowest BCUT2D eigenvalue weighted by atomic mass is 10.1. The van der Waals surface area contributed by atoms with E-state index >= 15 is 0 Å². The molecule has 166 valence electrons. The Bertz CT molecular complexity index is 1150. The van der Waals surface area contributed by atoms with E-state index in [1.807, 2.05) is 36.6 Å². The van der Waals surface area contributed by atoms with E-state index in [0.29, 0.717) is 61.5 Å². The molecule has 0 atom stereocenters. The van der Waals surface area contributed by atoms with Crippen LogP contribution in [0.5, 0.6) is 5.75 Å². The minimum atomic E-state index is -0.274. The number of aliphatic hydroxyl groups is 1. The number of piperidine rings is 1. The average Bonchev–Trinajstić information content (AvgIpc) is 3.10. The van der Waals surface area contributed by atoms with Gasteiger partial charge in [0.25, 0.3) is 0 Å². The van der Waals surface area contributed by atoms with Gasteiger partial charge in [0.2, 0.25) is 0 Å². The third-order valence-electron chi connectivity index (χ3n) is 5.95. The van der Waals surface area contributed by atoms with Gasteiger partial charge in [-0.1, -0.05) is 6.92 Å². The first-order chi connectivity index (χ1) is 15.5. The number of likely N-dealkylation sites (tertiary alicyclic amines) is 1. The van der Waals surface area contributed by atoms with Crippen LogP contribution in [0, 0.1) is 18.3 Å². The van der Waals surface area contributed by atoms with Crippen LogP contribution in [-0.2, 0) is 0 Å². The largest absolute Gasteiger partial charge is 0.492 e. The zero-order chi connectivity index (χ0) is 22.7. The maximum Gasteiger partial charge on any atom is 0.180 e. The molecule has 4 rings (SSSR count). The number of aliphatic hydroxyl groups excluding tert-OH is 1. The van der Waals surface area contributed by atoms with Crippen molar-refractivity contribution >= 4 is 16.8 Å². The minimum absolute atomic E-state index is 0.0195. The highest BCUT2D eigenvalue weighted by atomic mass is 16.5. The summed E-state index contributed by atoms with van der Waals surface area (Å²) in [7, 11) is 0. The summed E-state index contributed by atoms with van der Waals surface area (Å²) < 4.78 is 7.81. The Hall–Kier alpha value is -3.21. The number of carbonyl (C=O) groups excluding carboxylic acids is 1. The van der Waals surface area contributed by atoms with Crippen molar-refractivity contribution in [3.05, 3.63) is 53.3 Å². The first-order valence-electron chi connectivity index (χ1n) is 11.1. The van der Waals surface area contributed by atoms with Crippen LogP contribution in [0.3, 0.4) is 0 Å². The molecule has 32 heavy (non-hydrogen) atoms. The zero-order valence-electron chi connectivity index (χ0n) is 18.5. The average molecular weight is 433 g/mol. The summed E-state index contributed by atoms with van der Waals surface area (Å²) in [5, 5.41) is 18.9. The third kappa shape index (κ3) is 4.38. The van der Waals surface area contributed by atoms with Crippen molar-refractivity contribution in [1.82, 2.24) is 14.5 Å². The predicted molar refractivity (Wildman–Crippen MR) is 122 cm³/mol. The summed E-state index contributed by atoms with van der Waals surface area (Å²) in [6, 6.07) is 11.4. The Morgan fingerprint density at radius 1 is 1.28 bits per heavy atom. The number of ketones is 1. The number of aromatic nitrogens is 2. The molecule has 3 heterocycles. The topological polar surface area (TPSA) is 91.4 Å². The molecule has 0 saturated carbocycles. The molecule has 1 aromatic carbocycles. The fourth-order valence-electron chi connectivity index (χ4n) is 4.27. The fourth-order valence-corrected chi connectivity index (χ4v) is 4.27. The van der Waals surface area contributed by atoms with Gasteiger partial charge in [-0.2, -0.15) is 5.26 Å². The number of nitrogens with zero attached hydrogens (tertiary/aromatic N) is 4. The highest BCUT2D eigenvalue weighted by Gasteiger charge is 2.26. The van der Waals surface area contributed by atoms with Gasteiger partial charge in [0.05, 0.1) is 53.7 Å². The van der Waals surface area contributed by atoms with Crippen molar-refractivity contribution in [1.29, 1.82) is 5.26 Å². The molecule has 1 aliphatic rings. The van der Waals surface area contributed by atoms with Crippen molar-refractivity contribution in [2.45, 2.75) is 39.2 Å². The van der Waals surface area contributed by atoms with Crippen molar-refractivity contribution in [2.75, 3.05) is 26.2 Å². The highest BCUT2D eigenvalue weighted by molar-refractivity contribution is 6.09. The van der Waals surface area contributed by atoms with E-state index in [0.717, 1.165) is 23.3 Å². The van der Waals surface area contributed by atoms with Crippen molar-refractivity contribution in [2.24, 2.45) is 0 Å². The van der Waals surface area contributed by atoms with Crippen LogP contribution < -0.4 is 4.74 Å². The highest BCUT2D eigenvalue weighted by Crippen LogP contribution is 2.31. The monoisotopic (exact) mass is 432 g/mol. The Balaban J connectivity index is 1.77. The van der Waals surface area contributed by atoms with E-state index in [1.54, 1.807) is 18.3 Å². The summed E-state index contributed by atoms with van der Waals surface area (Å²) in [6.45, 7) is 6.29. The van der Waals surface area contributed by atoms with Gasteiger partial charge in [-0.3, -0.25) is 9.69 Å². The lowest BCUT2D eigenvalue weighted by molar-refractivity contribution is 0.0711. The molecule has 0 unspecified atom stereocenters. The van der Waals surface area contributed by atoms with Crippen LogP contribution in [0.4, 0.5) is 0 Å². The Morgan fingerprint density at radius 2 is 2.00 bits per heavy atom. The molecule has 3 aromatic rings. The number of hydrogen-bond acceptors (Lipinski definition) is 6. The number of fused-ring (bicyclic) bond motifs is 1. The van der Waals surface area contributed by atoms with E-state index in [1.165, 1.54) is 0 Å². The summed E-state index contributed by atoms with van der Waals surface area (Å²) in [5.41, 5.74) is 4.32. The van der Waals surface area contributed by atoms with Crippen molar-refractivity contribution in [3.63, 3.8) is 0 Å². The van der Waals surface area contributed by atoms with Gasteiger partial charge in [0, 0.05) is 30.5 Å². The van der Waals surface area contributed by atoms with Gasteiger partial charge in [-0.05, 0) is 50.5 Å². The molecule has 7 nitrogen and oxygen atoms in total. The van der Waals surface area contributed by atoms with Crippen molar-refractivity contribution < 1.29 is 14.6 Å². The van der Waals surface area contributed by atoms with E-state index in [9.17, 15) is 9.90 Å². The first-order valence-corrected chi connectivity index (χ1v) is 11.1. The quantitative estimate of drug-likeness (QED) is 0.573. The second kappa shape index (κ2) is 9.51. The molecule has 0 aliphatic carbocycles. The van der Waals surface area contributed by atoms with Gasteiger partial charge < -0.3 is 14.4 Å². The van der Waals surface area contributed by atoms with Crippen LogP contribution in [0.15, 0.2) is 36.5 Å². The Kier molecular flexibility index (Phi) is 6.54. The van der Waals surface area contributed by atoms with Gasteiger partial charge >= 0.3 is 0 Å². The molecule has 1 fully saturated rings. The molecule has 1 saturated heterocycles.